The van der Waals surface area contributed by atoms with Crippen molar-refractivity contribution in [3.63, 3.8) is 0 Å². The fourth-order valence-corrected chi connectivity index (χ4v) is 0. The van der Waals surface area contributed by atoms with E-state index in [0.29, 0.717) is 0 Å². The molecule has 5 heavy (non-hydrogen) atoms. The van der Waals surface area contributed by atoms with E-state index in [0.717, 1.165) is 0 Å². The molecular weight excluding hydrogens is 480 g/mol. The van der Waals surface area contributed by atoms with Crippen LogP contribution in [0.4, 0.5) is 0 Å². The molecule has 5 heteroatoms. The summed E-state index contributed by atoms with van der Waals surface area (Å²) in [6.45, 7) is 0. The van der Waals surface area contributed by atoms with E-state index in [9.17, 15) is 0 Å². The summed E-state index contributed by atoms with van der Waals surface area (Å²) in [5.41, 5.74) is 0. The molecule has 0 saturated carbocycles. The summed E-state index contributed by atoms with van der Waals surface area (Å²) in [6.07, 6.45) is 0. The summed E-state index contributed by atoms with van der Waals surface area (Å²) >= 11 is 3.92. The predicted octanol–water partition coefficient (Wildman–Crippen LogP) is -0.0125. The van der Waals surface area contributed by atoms with E-state index < -0.39 is 0 Å². The molecule has 0 saturated heterocycles. The van der Waals surface area contributed by atoms with E-state index >= 15 is 0 Å². The van der Waals surface area contributed by atoms with Crippen LogP contribution in [0, 0.1) is 0 Å². The van der Waals surface area contributed by atoms with Crippen LogP contribution >= 0.6 is 0 Å². The fourth-order valence-electron chi connectivity index (χ4n) is 0. The topological polar surface area (TPSA) is 0 Å². The van der Waals surface area contributed by atoms with Crippen LogP contribution in [0.1, 0.15) is 0 Å². The van der Waals surface area contributed by atoms with Crippen molar-refractivity contribution in [2.24, 2.45) is 0 Å². The third kappa shape index (κ3) is 18.6. The average Bonchev–Trinajstić information content (AvgIpc) is 1.00. The normalized spacial score (nSPS) is 0.800. The zero-order chi connectivity index (χ0) is 2.00. The molecule has 0 rings (SSSR count). The third-order valence-corrected chi connectivity index (χ3v) is 0. The van der Waals surface area contributed by atoms with Gasteiger partial charge in [0.25, 0.3) is 0 Å². The van der Waals surface area contributed by atoms with Crippen LogP contribution in [-0.2, 0) is 95.6 Å². The van der Waals surface area contributed by atoms with Crippen molar-refractivity contribution < 1.29 is 95.6 Å². The first-order valence-corrected chi connectivity index (χ1v) is 5.83. The molecule has 0 heterocycles. The van der Waals surface area contributed by atoms with E-state index in [1.54, 1.807) is 0 Å². The zero-order valence-electron chi connectivity index (χ0n) is 2.04. The molecule has 0 aromatic rings. The maximum atomic E-state index is 1.96. The fraction of sp³-hybridized carbons (Fsp3) is 0. The van der Waals surface area contributed by atoms with Crippen molar-refractivity contribution in [3.8, 4) is 0 Å². The summed E-state index contributed by atoms with van der Waals surface area (Å²) in [4.78, 5) is 0. The Bertz CT molecular complexity index is 0. The molecule has 0 unspecified atom stereocenters. The maximum absolute atomic E-state index is 1.96. The van der Waals surface area contributed by atoms with Gasteiger partial charge in [-0.3, -0.25) is 0 Å². The molecule has 0 aliphatic carbocycles. The van der Waals surface area contributed by atoms with Gasteiger partial charge in [-0.15, -0.1) is 0 Å². The van der Waals surface area contributed by atoms with Crippen LogP contribution in [0.25, 0.3) is 0 Å². The Kier molecular flexibility index (Phi) is 124. The van der Waals surface area contributed by atoms with Gasteiger partial charge in [0.1, 0.15) is 0 Å². The van der Waals surface area contributed by atoms with Gasteiger partial charge in [0.05, 0.1) is 0 Å². The first-order chi connectivity index (χ1) is 1.00. The van der Waals surface area contributed by atoms with Crippen LogP contribution in [0.15, 0.2) is 0 Å². The number of hydrogen-bond acceptors (Lipinski definition) is 0. The van der Waals surface area contributed by atoms with E-state index in [1.165, 1.54) is 0 Å². The van der Waals surface area contributed by atoms with E-state index in [-0.39, 0.29) is 63.2 Å². The van der Waals surface area contributed by atoms with Gasteiger partial charge >= 0.3 is 32.4 Å². The molecule has 0 radical (unpaired) electrons. The van der Waals surface area contributed by atoms with Crippen molar-refractivity contribution in [2.45, 2.75) is 0 Å². The van der Waals surface area contributed by atoms with Crippen LogP contribution < -0.4 is 0 Å². The Hall–Kier alpha value is 3.44. The second-order valence-electron chi connectivity index (χ2n) is 0. The van der Waals surface area contributed by atoms with Gasteiger partial charge in [-0.1, -0.05) is 0 Å². The van der Waals surface area contributed by atoms with Gasteiger partial charge in [0.15, 0.2) is 0 Å². The molecule has 0 bridgehead atoms. The monoisotopic (exact) mass is 490 g/mol. The second kappa shape index (κ2) is 26.1. The van der Waals surface area contributed by atoms with Crippen LogP contribution in [-0.4, -0.2) is 0 Å². The predicted molar refractivity (Wildman–Crippen MR) is 0 cm³/mol. The SMILES string of the molecule is [Mo].[Mo].[Mo].[Mo]=[Mo]. The van der Waals surface area contributed by atoms with Gasteiger partial charge in [-0.25, -0.2) is 0 Å². The minimum absolute atomic E-state index is 0. The molecule has 0 amide bonds. The van der Waals surface area contributed by atoms with Gasteiger partial charge in [-0.2, -0.15) is 0 Å². The molecule has 0 nitrogen and oxygen atoms in total. The van der Waals surface area contributed by atoms with Gasteiger partial charge in [0, 0.05) is 63.2 Å². The van der Waals surface area contributed by atoms with E-state index in [2.05, 4.69) is 0 Å². The molecule has 0 fully saturated rings. The van der Waals surface area contributed by atoms with Gasteiger partial charge < -0.3 is 0 Å². The first kappa shape index (κ1) is 23.7. The Morgan fingerprint density at radius 3 is 0.600 bits per heavy atom. The number of hydrogen-bond donors (Lipinski definition) is 0. The van der Waals surface area contributed by atoms with Crippen LogP contribution in [0.2, 0.25) is 0 Å². The van der Waals surface area contributed by atoms with Crippen LogP contribution in [0.3, 0.4) is 0 Å². The van der Waals surface area contributed by atoms with E-state index in [4.69, 9.17) is 0 Å². The summed E-state index contributed by atoms with van der Waals surface area (Å²) < 4.78 is 0. The molecule has 0 aromatic carbocycles. The van der Waals surface area contributed by atoms with E-state index in [1.807, 2.05) is 32.4 Å². The Morgan fingerprint density at radius 1 is 0.600 bits per heavy atom. The molecular formula is Mo5. The summed E-state index contributed by atoms with van der Waals surface area (Å²) in [7, 11) is 0. The average molecular weight is 480 g/mol. The van der Waals surface area contributed by atoms with Gasteiger partial charge in [-0.05, 0) is 0 Å². The minimum atomic E-state index is 0. The van der Waals surface area contributed by atoms with Crippen molar-refractivity contribution >= 4 is 0 Å². The summed E-state index contributed by atoms with van der Waals surface area (Å²) in [6, 6.07) is 0. The summed E-state index contributed by atoms with van der Waals surface area (Å²) in [5.74, 6) is 0. The molecule has 0 atom stereocenters. The van der Waals surface area contributed by atoms with Crippen molar-refractivity contribution in [3.05, 3.63) is 0 Å². The number of rotatable bonds is 0. The zero-order valence-corrected chi connectivity index (χ0v) is 12.1. The summed E-state index contributed by atoms with van der Waals surface area (Å²) in [5, 5.41) is 0. The molecule has 0 aromatic heterocycles. The first-order valence-electron chi connectivity index (χ1n) is 0.167. The molecule has 0 spiro atoms. The van der Waals surface area contributed by atoms with Crippen molar-refractivity contribution in [1.29, 1.82) is 0 Å². The Morgan fingerprint density at radius 2 is 0.600 bits per heavy atom. The molecule has 0 N–H and O–H groups in total. The Labute approximate surface area is 93.6 Å². The van der Waals surface area contributed by atoms with Crippen molar-refractivity contribution in [1.82, 2.24) is 0 Å². The second-order valence-corrected chi connectivity index (χ2v) is 0. The molecule has 0 aliphatic heterocycles. The third-order valence-electron chi connectivity index (χ3n) is 0. The molecule has 0 aliphatic rings. The van der Waals surface area contributed by atoms with Gasteiger partial charge in [0.2, 0.25) is 0 Å². The Balaban J connectivity index is -0.00000000167. The quantitative estimate of drug-likeness (QED) is 0.429. The molecule has 30 valence electrons. The van der Waals surface area contributed by atoms with Crippen LogP contribution in [0.5, 0.6) is 0 Å². The van der Waals surface area contributed by atoms with Crippen molar-refractivity contribution in [2.75, 3.05) is 0 Å². The standard InChI is InChI=1S/5Mo.